The van der Waals surface area contributed by atoms with Gasteiger partial charge in [0.2, 0.25) is 5.91 Å². The highest BCUT2D eigenvalue weighted by Crippen LogP contribution is 2.27. The van der Waals surface area contributed by atoms with Crippen LogP contribution < -0.4 is 15.4 Å². The lowest BCUT2D eigenvalue weighted by molar-refractivity contribution is -0.127. The van der Waals surface area contributed by atoms with Gasteiger partial charge in [0.25, 0.3) is 0 Å². The van der Waals surface area contributed by atoms with E-state index in [0.29, 0.717) is 31.1 Å². The number of carbonyl (C=O) groups is 1. The molecule has 1 amide bonds. The number of nitrogens with zero attached hydrogens (tertiary/aromatic N) is 4. The van der Waals surface area contributed by atoms with Crippen LogP contribution in [-0.2, 0) is 11.2 Å². The van der Waals surface area contributed by atoms with Gasteiger partial charge in [-0.15, -0.1) is 0 Å². The average molecular weight is 505 g/mol. The lowest BCUT2D eigenvalue weighted by Gasteiger charge is -2.16. The van der Waals surface area contributed by atoms with Gasteiger partial charge >= 0.3 is 0 Å². The van der Waals surface area contributed by atoms with Crippen molar-refractivity contribution in [1.82, 2.24) is 25.2 Å². The Morgan fingerprint density at radius 2 is 2.05 bits per heavy atom. The van der Waals surface area contributed by atoms with Gasteiger partial charge in [-0.25, -0.2) is 9.97 Å². The number of ether oxygens (including phenoxy) is 1. The van der Waals surface area contributed by atoms with Gasteiger partial charge in [-0.05, 0) is 50.6 Å². The van der Waals surface area contributed by atoms with Crippen LogP contribution in [0.1, 0.15) is 31.9 Å². The molecule has 3 N–H and O–H groups in total. The maximum absolute atomic E-state index is 11.9. The number of carbonyl (C=O) groups excluding carboxylic acids is 1. The molecular formula is C28H36N6O3. The summed E-state index contributed by atoms with van der Waals surface area (Å²) in [4.78, 5) is 27.9. The number of rotatable bonds is 13. The third-order valence-corrected chi connectivity index (χ3v) is 6.26. The van der Waals surface area contributed by atoms with Crippen LogP contribution in [-0.4, -0.2) is 76.8 Å². The Morgan fingerprint density at radius 1 is 1.16 bits per heavy atom. The second-order valence-corrected chi connectivity index (χ2v) is 9.17. The average Bonchev–Trinajstić information content (AvgIpc) is 3.34. The van der Waals surface area contributed by atoms with Crippen LogP contribution in [0.15, 0.2) is 48.7 Å². The van der Waals surface area contributed by atoms with Crippen molar-refractivity contribution in [3.63, 3.8) is 0 Å². The van der Waals surface area contributed by atoms with E-state index in [1.807, 2.05) is 41.3 Å². The van der Waals surface area contributed by atoms with E-state index in [9.17, 15) is 9.90 Å². The third kappa shape index (κ3) is 7.47. The van der Waals surface area contributed by atoms with Gasteiger partial charge in [0.05, 0.1) is 5.69 Å². The van der Waals surface area contributed by atoms with E-state index < -0.39 is 6.10 Å². The molecule has 0 radical (unpaired) electrons. The number of aromatic nitrogens is 3. The molecule has 2 aromatic heterocycles. The smallest absolute Gasteiger partial charge is 0.222 e. The summed E-state index contributed by atoms with van der Waals surface area (Å²) in [6.07, 6.45) is 4.50. The topological polar surface area (TPSA) is 113 Å². The van der Waals surface area contributed by atoms with Crippen molar-refractivity contribution >= 4 is 11.7 Å². The Hall–Kier alpha value is -3.56. The molecule has 9 heteroatoms. The summed E-state index contributed by atoms with van der Waals surface area (Å²) in [6, 6.07) is 13.5. The van der Waals surface area contributed by atoms with Gasteiger partial charge < -0.3 is 25.4 Å². The molecule has 3 heterocycles. The van der Waals surface area contributed by atoms with Gasteiger partial charge in [-0.3, -0.25) is 9.78 Å². The van der Waals surface area contributed by atoms with Crippen molar-refractivity contribution in [2.24, 2.45) is 0 Å². The molecule has 0 saturated carbocycles. The number of benzene rings is 1. The van der Waals surface area contributed by atoms with E-state index in [2.05, 4.69) is 28.6 Å². The molecule has 196 valence electrons. The number of aliphatic hydroxyl groups is 1. The number of likely N-dealkylation sites (tertiary alicyclic amines) is 1. The first kappa shape index (κ1) is 26.5. The normalized spacial score (nSPS) is 14.1. The predicted octanol–water partition coefficient (Wildman–Crippen LogP) is 3.15. The van der Waals surface area contributed by atoms with Crippen LogP contribution in [0, 0.1) is 0 Å². The summed E-state index contributed by atoms with van der Waals surface area (Å²) >= 11 is 0. The monoisotopic (exact) mass is 504 g/mol. The Kier molecular flexibility index (Phi) is 9.40. The van der Waals surface area contributed by atoms with Crippen LogP contribution in [0.4, 0.5) is 5.82 Å². The number of likely N-dealkylation sites (N-methyl/N-ethyl adjacent to an activating group) is 1. The van der Waals surface area contributed by atoms with E-state index in [1.54, 1.807) is 13.2 Å². The molecule has 0 aliphatic carbocycles. The predicted molar refractivity (Wildman–Crippen MR) is 144 cm³/mol. The zero-order chi connectivity index (χ0) is 26.0. The summed E-state index contributed by atoms with van der Waals surface area (Å²) in [5.74, 6) is 2.18. The fourth-order valence-electron chi connectivity index (χ4n) is 4.28. The molecular weight excluding hydrogens is 468 g/mol. The fraction of sp³-hybridized carbons (Fsp3) is 0.429. The van der Waals surface area contributed by atoms with Crippen molar-refractivity contribution in [2.45, 2.75) is 38.7 Å². The zero-order valence-corrected chi connectivity index (χ0v) is 21.6. The van der Waals surface area contributed by atoms with Gasteiger partial charge in [0.1, 0.15) is 24.3 Å². The number of hydrogen-bond acceptors (Lipinski definition) is 8. The highest BCUT2D eigenvalue weighted by molar-refractivity contribution is 5.78. The molecule has 0 bridgehead atoms. The number of aliphatic hydroxyl groups excluding tert-OH is 1. The second kappa shape index (κ2) is 13.1. The summed E-state index contributed by atoms with van der Waals surface area (Å²) in [5, 5.41) is 16.3. The lowest BCUT2D eigenvalue weighted by atomic mass is 10.1. The third-order valence-electron chi connectivity index (χ3n) is 6.26. The summed E-state index contributed by atoms with van der Waals surface area (Å²) in [6.45, 7) is 5.02. The minimum Gasteiger partial charge on any atom is -0.491 e. The second-order valence-electron chi connectivity index (χ2n) is 9.17. The van der Waals surface area contributed by atoms with E-state index in [-0.39, 0.29) is 12.5 Å². The van der Waals surface area contributed by atoms with Crippen LogP contribution in [0.25, 0.3) is 22.6 Å². The van der Waals surface area contributed by atoms with Crippen LogP contribution >= 0.6 is 0 Å². The van der Waals surface area contributed by atoms with Crippen LogP contribution in [0.5, 0.6) is 5.75 Å². The minimum absolute atomic E-state index is 0.189. The van der Waals surface area contributed by atoms with E-state index in [1.165, 1.54) is 0 Å². The quantitative estimate of drug-likeness (QED) is 0.304. The van der Waals surface area contributed by atoms with Gasteiger partial charge in [-0.2, -0.15) is 0 Å². The van der Waals surface area contributed by atoms with Gasteiger partial charge in [-0.1, -0.05) is 19.1 Å². The molecule has 9 nitrogen and oxygen atoms in total. The summed E-state index contributed by atoms with van der Waals surface area (Å²) < 4.78 is 5.79. The first-order valence-corrected chi connectivity index (χ1v) is 13.0. The molecule has 0 spiro atoms. The summed E-state index contributed by atoms with van der Waals surface area (Å²) in [5.41, 5.74) is 3.59. The number of aryl methyl sites for hydroxylation is 1. The van der Waals surface area contributed by atoms with E-state index in [4.69, 9.17) is 14.7 Å². The van der Waals surface area contributed by atoms with Crippen LogP contribution in [0.3, 0.4) is 0 Å². The van der Waals surface area contributed by atoms with Crippen molar-refractivity contribution in [3.8, 4) is 28.4 Å². The fourth-order valence-corrected chi connectivity index (χ4v) is 4.28. The number of hydrogen-bond donors (Lipinski definition) is 3. The summed E-state index contributed by atoms with van der Waals surface area (Å²) in [7, 11) is 1.79. The Balaban J connectivity index is 1.55. The number of pyridine rings is 1. The minimum atomic E-state index is -0.598. The largest absolute Gasteiger partial charge is 0.491 e. The number of amides is 1. The number of nitrogens with one attached hydrogen (secondary N) is 2. The molecule has 3 aromatic rings. The first-order chi connectivity index (χ1) is 18.1. The Labute approximate surface area is 218 Å². The standard InChI is InChI=1S/C28H36N6O3/c1-3-22-15-20(10-12-30-22)25-17-26(31-11-6-14-34-13-5-9-27(34)36)33-28(32-25)21-7-4-8-24(16-21)37-19-23(35)18-29-2/h4,7-8,10,12,15-17,23,29,35H,3,5-6,9,11,13-14,18-19H2,1-2H3,(H,31,32,33). The van der Waals surface area contributed by atoms with Crippen molar-refractivity contribution in [1.29, 1.82) is 0 Å². The van der Waals surface area contributed by atoms with E-state index >= 15 is 0 Å². The molecule has 1 aliphatic heterocycles. The molecule has 1 aliphatic rings. The molecule has 1 unspecified atom stereocenters. The maximum Gasteiger partial charge on any atom is 0.222 e. The first-order valence-electron chi connectivity index (χ1n) is 13.0. The van der Waals surface area contributed by atoms with E-state index in [0.717, 1.165) is 60.7 Å². The zero-order valence-electron chi connectivity index (χ0n) is 21.6. The lowest BCUT2D eigenvalue weighted by Crippen LogP contribution is -2.29. The Morgan fingerprint density at radius 3 is 2.84 bits per heavy atom. The van der Waals surface area contributed by atoms with Crippen molar-refractivity contribution < 1.29 is 14.6 Å². The van der Waals surface area contributed by atoms with Gasteiger partial charge in [0.15, 0.2) is 5.82 Å². The SMILES string of the molecule is CCc1cc(-c2cc(NCCCN3CCCC3=O)nc(-c3cccc(OCC(O)CNC)c3)n2)ccn1. The number of anilines is 1. The highest BCUT2D eigenvalue weighted by Gasteiger charge is 2.19. The Bertz CT molecular complexity index is 1190. The van der Waals surface area contributed by atoms with Crippen LogP contribution in [0.2, 0.25) is 0 Å². The molecule has 4 rings (SSSR count). The van der Waals surface area contributed by atoms with Gasteiger partial charge in [0, 0.05) is 61.7 Å². The maximum atomic E-state index is 11.9. The van der Waals surface area contributed by atoms with Crippen molar-refractivity contribution in [3.05, 3.63) is 54.4 Å². The molecule has 1 atom stereocenters. The molecule has 1 aromatic carbocycles. The van der Waals surface area contributed by atoms with Crippen molar-refractivity contribution in [2.75, 3.05) is 45.2 Å². The molecule has 1 saturated heterocycles. The molecule has 37 heavy (non-hydrogen) atoms. The highest BCUT2D eigenvalue weighted by atomic mass is 16.5. The molecule has 1 fully saturated rings.